The van der Waals surface area contributed by atoms with Crippen molar-refractivity contribution in [3.63, 3.8) is 0 Å². The van der Waals surface area contributed by atoms with E-state index in [2.05, 4.69) is 5.32 Å². The summed E-state index contributed by atoms with van der Waals surface area (Å²) in [5.41, 5.74) is 0. The van der Waals surface area contributed by atoms with Gasteiger partial charge in [-0.25, -0.2) is 0 Å². The molecule has 2 fully saturated rings. The van der Waals surface area contributed by atoms with Crippen LogP contribution < -0.4 is 5.32 Å². The molecule has 106 valence electrons. The number of hydrogen-bond acceptors (Lipinski definition) is 2. The van der Waals surface area contributed by atoms with E-state index in [1.54, 1.807) is 0 Å². The van der Waals surface area contributed by atoms with E-state index in [1.165, 1.54) is 0 Å². The van der Waals surface area contributed by atoms with E-state index in [0.717, 1.165) is 32.5 Å². The highest BCUT2D eigenvalue weighted by Gasteiger charge is 2.45. The Morgan fingerprint density at radius 3 is 2.56 bits per heavy atom. The molecule has 0 radical (unpaired) electrons. The van der Waals surface area contributed by atoms with Crippen molar-refractivity contribution in [2.75, 3.05) is 19.8 Å². The van der Waals surface area contributed by atoms with E-state index >= 15 is 0 Å². The molecule has 18 heavy (non-hydrogen) atoms. The van der Waals surface area contributed by atoms with Crippen molar-refractivity contribution in [1.29, 1.82) is 0 Å². The molecular formula is C13H22F3NO. The first-order chi connectivity index (χ1) is 8.57. The highest BCUT2D eigenvalue weighted by atomic mass is 19.4. The number of rotatable bonds is 4. The van der Waals surface area contributed by atoms with Crippen LogP contribution in [0.15, 0.2) is 0 Å². The summed E-state index contributed by atoms with van der Waals surface area (Å²) in [6.45, 7) is 2.26. The van der Waals surface area contributed by atoms with Crippen LogP contribution in [-0.2, 0) is 4.74 Å². The zero-order valence-corrected chi connectivity index (χ0v) is 10.6. The van der Waals surface area contributed by atoms with Crippen LogP contribution in [0.2, 0.25) is 0 Å². The van der Waals surface area contributed by atoms with Gasteiger partial charge >= 0.3 is 6.18 Å². The van der Waals surface area contributed by atoms with Crippen LogP contribution in [0, 0.1) is 11.8 Å². The summed E-state index contributed by atoms with van der Waals surface area (Å²) >= 11 is 0. The van der Waals surface area contributed by atoms with Gasteiger partial charge in [0.15, 0.2) is 0 Å². The molecule has 2 rings (SSSR count). The Kier molecular flexibility index (Phi) is 4.90. The van der Waals surface area contributed by atoms with Crippen LogP contribution in [0.3, 0.4) is 0 Å². The lowest BCUT2D eigenvalue weighted by Gasteiger charge is -2.33. The maximum atomic E-state index is 12.9. The Bertz CT molecular complexity index is 251. The Morgan fingerprint density at radius 1 is 1.11 bits per heavy atom. The first kappa shape index (κ1) is 14.1. The van der Waals surface area contributed by atoms with Gasteiger partial charge in [-0.3, -0.25) is 0 Å². The second kappa shape index (κ2) is 6.24. The SMILES string of the molecule is FC(F)(F)C1CCCCC1NCCC1CCOC1. The van der Waals surface area contributed by atoms with E-state index in [9.17, 15) is 13.2 Å². The zero-order valence-electron chi connectivity index (χ0n) is 10.6. The monoisotopic (exact) mass is 265 g/mol. The Balaban J connectivity index is 1.75. The molecule has 3 unspecified atom stereocenters. The first-order valence-electron chi connectivity index (χ1n) is 6.95. The molecular weight excluding hydrogens is 243 g/mol. The highest BCUT2D eigenvalue weighted by Crippen LogP contribution is 2.37. The Labute approximate surface area is 106 Å². The van der Waals surface area contributed by atoms with Crippen molar-refractivity contribution in [2.24, 2.45) is 11.8 Å². The molecule has 5 heteroatoms. The van der Waals surface area contributed by atoms with Gasteiger partial charge in [-0.2, -0.15) is 13.2 Å². The molecule has 0 spiro atoms. The van der Waals surface area contributed by atoms with Gasteiger partial charge in [0, 0.05) is 19.3 Å². The lowest BCUT2D eigenvalue weighted by atomic mass is 9.84. The predicted octanol–water partition coefficient (Wildman–Crippen LogP) is 3.12. The largest absolute Gasteiger partial charge is 0.393 e. The summed E-state index contributed by atoms with van der Waals surface area (Å²) in [4.78, 5) is 0. The number of alkyl halides is 3. The lowest BCUT2D eigenvalue weighted by molar-refractivity contribution is -0.188. The lowest BCUT2D eigenvalue weighted by Crippen LogP contribution is -2.45. The normalized spacial score (nSPS) is 33.8. The van der Waals surface area contributed by atoms with Gasteiger partial charge in [-0.05, 0) is 38.1 Å². The summed E-state index contributed by atoms with van der Waals surface area (Å²) in [5.74, 6) is -0.614. The summed E-state index contributed by atoms with van der Waals surface area (Å²) in [5, 5.41) is 3.13. The van der Waals surface area contributed by atoms with Gasteiger partial charge in [0.2, 0.25) is 0 Å². The van der Waals surface area contributed by atoms with Gasteiger partial charge in [0.1, 0.15) is 0 Å². The van der Waals surface area contributed by atoms with E-state index in [0.29, 0.717) is 25.3 Å². The van der Waals surface area contributed by atoms with E-state index in [4.69, 9.17) is 4.74 Å². The van der Waals surface area contributed by atoms with E-state index < -0.39 is 12.1 Å². The molecule has 1 aliphatic carbocycles. The third kappa shape index (κ3) is 3.85. The number of nitrogens with one attached hydrogen (secondary N) is 1. The predicted molar refractivity (Wildman–Crippen MR) is 63.3 cm³/mol. The molecule has 1 aliphatic heterocycles. The molecule has 1 saturated heterocycles. The zero-order chi connectivity index (χ0) is 13.0. The fourth-order valence-corrected chi connectivity index (χ4v) is 3.05. The number of halogens is 3. The minimum atomic E-state index is -4.05. The van der Waals surface area contributed by atoms with Crippen molar-refractivity contribution in [2.45, 2.75) is 50.7 Å². The molecule has 1 N–H and O–H groups in total. The summed E-state index contributed by atoms with van der Waals surface area (Å²) < 4.78 is 43.8. The third-order valence-corrected chi connectivity index (χ3v) is 4.17. The van der Waals surface area contributed by atoms with Crippen LogP contribution in [0.25, 0.3) is 0 Å². The molecule has 2 nitrogen and oxygen atoms in total. The number of ether oxygens (including phenoxy) is 1. The highest BCUT2D eigenvalue weighted by molar-refractivity contribution is 4.85. The fourth-order valence-electron chi connectivity index (χ4n) is 3.05. The van der Waals surface area contributed by atoms with Crippen LogP contribution in [0.5, 0.6) is 0 Å². The Hall–Kier alpha value is -0.290. The van der Waals surface area contributed by atoms with Crippen LogP contribution in [0.4, 0.5) is 13.2 Å². The minimum absolute atomic E-state index is 0.285. The molecule has 2 aliphatic rings. The maximum absolute atomic E-state index is 12.9. The van der Waals surface area contributed by atoms with Crippen LogP contribution >= 0.6 is 0 Å². The molecule has 1 heterocycles. The van der Waals surface area contributed by atoms with Gasteiger partial charge in [0.05, 0.1) is 5.92 Å². The van der Waals surface area contributed by atoms with Gasteiger partial charge in [-0.15, -0.1) is 0 Å². The van der Waals surface area contributed by atoms with Gasteiger partial charge < -0.3 is 10.1 Å². The molecule has 1 saturated carbocycles. The fraction of sp³-hybridized carbons (Fsp3) is 1.00. The van der Waals surface area contributed by atoms with Crippen molar-refractivity contribution >= 4 is 0 Å². The quantitative estimate of drug-likeness (QED) is 0.843. The second-order valence-corrected chi connectivity index (χ2v) is 5.51. The summed E-state index contributed by atoms with van der Waals surface area (Å²) in [6.07, 6.45) is 0.499. The molecule has 0 aromatic heterocycles. The van der Waals surface area contributed by atoms with Gasteiger partial charge in [-0.1, -0.05) is 12.8 Å². The molecule has 0 aromatic carbocycles. The average molecular weight is 265 g/mol. The molecule has 3 atom stereocenters. The van der Waals surface area contributed by atoms with Crippen molar-refractivity contribution < 1.29 is 17.9 Å². The summed E-state index contributed by atoms with van der Waals surface area (Å²) in [6, 6.07) is -0.374. The summed E-state index contributed by atoms with van der Waals surface area (Å²) in [7, 11) is 0. The maximum Gasteiger partial charge on any atom is 0.393 e. The van der Waals surface area contributed by atoms with Crippen molar-refractivity contribution in [3.8, 4) is 0 Å². The van der Waals surface area contributed by atoms with Crippen LogP contribution in [-0.4, -0.2) is 32.0 Å². The standard InChI is InChI=1S/C13H22F3NO/c14-13(15,16)11-3-1-2-4-12(11)17-7-5-10-6-8-18-9-10/h10-12,17H,1-9H2. The number of hydrogen-bond donors (Lipinski definition) is 1. The van der Waals surface area contributed by atoms with Gasteiger partial charge in [0.25, 0.3) is 0 Å². The van der Waals surface area contributed by atoms with Crippen molar-refractivity contribution in [1.82, 2.24) is 5.32 Å². The third-order valence-electron chi connectivity index (χ3n) is 4.17. The van der Waals surface area contributed by atoms with E-state index in [1.807, 2.05) is 0 Å². The molecule has 0 bridgehead atoms. The van der Waals surface area contributed by atoms with Crippen molar-refractivity contribution in [3.05, 3.63) is 0 Å². The average Bonchev–Trinajstić information content (AvgIpc) is 2.81. The topological polar surface area (TPSA) is 21.3 Å². The smallest absolute Gasteiger partial charge is 0.381 e. The Morgan fingerprint density at radius 2 is 1.89 bits per heavy atom. The molecule has 0 amide bonds. The minimum Gasteiger partial charge on any atom is -0.381 e. The van der Waals surface area contributed by atoms with Crippen LogP contribution in [0.1, 0.15) is 38.5 Å². The second-order valence-electron chi connectivity index (χ2n) is 5.51. The molecule has 0 aromatic rings. The first-order valence-corrected chi connectivity index (χ1v) is 6.95. The van der Waals surface area contributed by atoms with E-state index in [-0.39, 0.29) is 12.5 Å².